The van der Waals surface area contributed by atoms with Gasteiger partial charge in [-0.1, -0.05) is 11.6 Å². The topological polar surface area (TPSA) is 25.2 Å². The molecule has 0 bridgehead atoms. The molecule has 0 spiro atoms. The van der Waals surface area contributed by atoms with Gasteiger partial charge in [-0.05, 0) is 44.3 Å². The van der Waals surface area contributed by atoms with Crippen molar-refractivity contribution >= 4 is 11.6 Å². The predicted octanol–water partition coefficient (Wildman–Crippen LogP) is 4.02. The zero-order chi connectivity index (χ0) is 12.4. The minimum absolute atomic E-state index is 0.0992. The molecule has 0 aliphatic rings. The zero-order valence-electron chi connectivity index (χ0n) is 9.63. The first-order valence-corrected chi connectivity index (χ1v) is 5.72. The third-order valence-corrected chi connectivity index (χ3v) is 2.98. The van der Waals surface area contributed by atoms with Crippen LogP contribution < -0.4 is 5.32 Å². The van der Waals surface area contributed by atoms with Crippen molar-refractivity contribution in [3.63, 3.8) is 0 Å². The van der Waals surface area contributed by atoms with Crippen molar-refractivity contribution in [1.82, 2.24) is 5.32 Å². The maximum Gasteiger partial charge on any atom is 0.141 e. The summed E-state index contributed by atoms with van der Waals surface area (Å²) in [5.41, 5.74) is 0.769. The smallest absolute Gasteiger partial charge is 0.141 e. The van der Waals surface area contributed by atoms with Crippen LogP contribution in [0.1, 0.15) is 18.7 Å². The summed E-state index contributed by atoms with van der Waals surface area (Å²) in [6.07, 6.45) is 0. The first-order valence-electron chi connectivity index (χ1n) is 5.34. The molecule has 0 aliphatic heterocycles. The lowest BCUT2D eigenvalue weighted by Gasteiger charge is -2.05. The largest absolute Gasteiger partial charge is 0.459 e. The van der Waals surface area contributed by atoms with Gasteiger partial charge in [0.05, 0.1) is 11.1 Å². The number of rotatable bonds is 3. The first-order chi connectivity index (χ1) is 8.11. The minimum Gasteiger partial charge on any atom is -0.459 e. The summed E-state index contributed by atoms with van der Waals surface area (Å²) < 4.78 is 18.7. The summed E-state index contributed by atoms with van der Waals surface area (Å²) in [6.45, 7) is 2.00. The number of hydrogen-bond acceptors (Lipinski definition) is 2. The zero-order valence-corrected chi connectivity index (χ0v) is 10.4. The van der Waals surface area contributed by atoms with Crippen LogP contribution in [-0.2, 0) is 0 Å². The highest BCUT2D eigenvalue weighted by Gasteiger charge is 2.10. The monoisotopic (exact) mass is 253 g/mol. The van der Waals surface area contributed by atoms with Crippen LogP contribution in [0.25, 0.3) is 11.3 Å². The lowest BCUT2D eigenvalue weighted by atomic mass is 10.2. The second kappa shape index (κ2) is 4.90. The van der Waals surface area contributed by atoms with Crippen molar-refractivity contribution in [3.8, 4) is 11.3 Å². The quantitative estimate of drug-likeness (QED) is 0.894. The van der Waals surface area contributed by atoms with Gasteiger partial charge >= 0.3 is 0 Å². The molecule has 2 aromatic rings. The van der Waals surface area contributed by atoms with E-state index >= 15 is 0 Å². The summed E-state index contributed by atoms with van der Waals surface area (Å²) >= 11 is 5.73. The molecular formula is C13H13ClFNO. The van der Waals surface area contributed by atoms with Crippen molar-refractivity contribution in [2.24, 2.45) is 0 Å². The van der Waals surface area contributed by atoms with E-state index in [9.17, 15) is 4.39 Å². The maximum atomic E-state index is 13.0. The van der Waals surface area contributed by atoms with E-state index in [1.54, 1.807) is 12.1 Å². The molecule has 90 valence electrons. The molecule has 1 aromatic carbocycles. The normalized spacial score (nSPS) is 12.7. The Hall–Kier alpha value is -1.32. The summed E-state index contributed by atoms with van der Waals surface area (Å²) in [6, 6.07) is 8.43. The maximum absolute atomic E-state index is 13.0. The van der Waals surface area contributed by atoms with Gasteiger partial charge in [-0.2, -0.15) is 0 Å². The van der Waals surface area contributed by atoms with Crippen LogP contribution in [0.2, 0.25) is 5.02 Å². The van der Waals surface area contributed by atoms with Crippen molar-refractivity contribution in [3.05, 3.63) is 46.9 Å². The van der Waals surface area contributed by atoms with Crippen LogP contribution in [0.4, 0.5) is 4.39 Å². The van der Waals surface area contributed by atoms with Gasteiger partial charge in [0.2, 0.25) is 0 Å². The van der Waals surface area contributed by atoms with E-state index in [0.717, 1.165) is 11.3 Å². The summed E-state index contributed by atoms with van der Waals surface area (Å²) in [5.74, 6) is 1.10. The Bertz CT molecular complexity index is 524. The second-order valence-corrected chi connectivity index (χ2v) is 4.25. The number of halogens is 2. The molecule has 1 aromatic heterocycles. The summed E-state index contributed by atoms with van der Waals surface area (Å²) in [4.78, 5) is 0. The van der Waals surface area contributed by atoms with Crippen molar-refractivity contribution < 1.29 is 8.81 Å². The van der Waals surface area contributed by atoms with Gasteiger partial charge in [-0.15, -0.1) is 0 Å². The molecule has 0 aliphatic carbocycles. The van der Waals surface area contributed by atoms with E-state index in [0.29, 0.717) is 5.76 Å². The molecule has 1 atom stereocenters. The third-order valence-electron chi connectivity index (χ3n) is 2.69. The molecule has 2 rings (SSSR count). The van der Waals surface area contributed by atoms with Gasteiger partial charge in [0, 0.05) is 5.56 Å². The van der Waals surface area contributed by atoms with Gasteiger partial charge in [-0.3, -0.25) is 0 Å². The fourth-order valence-corrected chi connectivity index (χ4v) is 1.71. The Morgan fingerprint density at radius 1 is 1.29 bits per heavy atom. The average Bonchev–Trinajstić information content (AvgIpc) is 2.81. The van der Waals surface area contributed by atoms with Crippen LogP contribution in [0.3, 0.4) is 0 Å². The highest BCUT2D eigenvalue weighted by Crippen LogP contribution is 2.28. The summed E-state index contributed by atoms with van der Waals surface area (Å²) in [5, 5.41) is 3.19. The first kappa shape index (κ1) is 12.1. The SMILES string of the molecule is CNC(C)c1ccc(-c2ccc(F)c(Cl)c2)o1. The highest BCUT2D eigenvalue weighted by molar-refractivity contribution is 6.31. The molecule has 1 N–H and O–H groups in total. The molecule has 0 radical (unpaired) electrons. The Labute approximate surface area is 104 Å². The van der Waals surface area contributed by atoms with Gasteiger partial charge in [0.1, 0.15) is 17.3 Å². The van der Waals surface area contributed by atoms with Gasteiger partial charge in [0.15, 0.2) is 0 Å². The van der Waals surface area contributed by atoms with E-state index in [1.807, 2.05) is 26.1 Å². The van der Waals surface area contributed by atoms with Crippen molar-refractivity contribution in [2.45, 2.75) is 13.0 Å². The van der Waals surface area contributed by atoms with Crippen LogP contribution in [0, 0.1) is 5.82 Å². The Balaban J connectivity index is 2.33. The minimum atomic E-state index is -0.425. The van der Waals surface area contributed by atoms with Crippen LogP contribution in [0.5, 0.6) is 0 Å². The molecule has 1 unspecified atom stereocenters. The Morgan fingerprint density at radius 2 is 2.06 bits per heavy atom. The molecule has 4 heteroatoms. The molecule has 0 amide bonds. The van der Waals surface area contributed by atoms with Gasteiger partial charge in [0.25, 0.3) is 0 Å². The van der Waals surface area contributed by atoms with E-state index in [1.165, 1.54) is 6.07 Å². The van der Waals surface area contributed by atoms with Crippen LogP contribution in [0.15, 0.2) is 34.7 Å². The number of hydrogen-bond donors (Lipinski definition) is 1. The van der Waals surface area contributed by atoms with Crippen molar-refractivity contribution in [2.75, 3.05) is 7.05 Å². The van der Waals surface area contributed by atoms with E-state index < -0.39 is 5.82 Å². The standard InChI is InChI=1S/C13H13ClFNO/c1-8(16-2)12-5-6-13(17-12)9-3-4-11(15)10(14)7-9/h3-8,16H,1-2H3. The molecule has 0 saturated carbocycles. The molecule has 2 nitrogen and oxygen atoms in total. The van der Waals surface area contributed by atoms with Crippen LogP contribution in [-0.4, -0.2) is 7.05 Å². The molecule has 0 fully saturated rings. The molecular weight excluding hydrogens is 241 g/mol. The number of nitrogens with one attached hydrogen (secondary N) is 1. The van der Waals surface area contributed by atoms with Gasteiger partial charge in [-0.25, -0.2) is 4.39 Å². The number of furan rings is 1. The van der Waals surface area contributed by atoms with E-state index in [4.69, 9.17) is 16.0 Å². The van der Waals surface area contributed by atoms with Crippen molar-refractivity contribution in [1.29, 1.82) is 0 Å². The van der Waals surface area contributed by atoms with E-state index in [2.05, 4.69) is 5.32 Å². The predicted molar refractivity (Wildman–Crippen MR) is 66.6 cm³/mol. The second-order valence-electron chi connectivity index (χ2n) is 3.84. The highest BCUT2D eigenvalue weighted by atomic mass is 35.5. The lowest BCUT2D eigenvalue weighted by molar-refractivity contribution is 0.458. The fraction of sp³-hybridized carbons (Fsp3) is 0.231. The Kier molecular flexibility index (Phi) is 3.50. The average molecular weight is 254 g/mol. The fourth-order valence-electron chi connectivity index (χ4n) is 1.53. The lowest BCUT2D eigenvalue weighted by Crippen LogP contribution is -2.10. The Morgan fingerprint density at radius 3 is 2.71 bits per heavy atom. The molecule has 1 heterocycles. The molecule has 0 saturated heterocycles. The van der Waals surface area contributed by atoms with E-state index in [-0.39, 0.29) is 11.1 Å². The third kappa shape index (κ3) is 2.51. The van der Waals surface area contributed by atoms with Crippen LogP contribution >= 0.6 is 11.6 Å². The van der Waals surface area contributed by atoms with Gasteiger partial charge < -0.3 is 9.73 Å². The number of benzene rings is 1. The molecule has 17 heavy (non-hydrogen) atoms. The summed E-state index contributed by atoms with van der Waals surface area (Å²) in [7, 11) is 1.86.